The normalized spacial score (nSPS) is 18.0. The molecule has 0 unspecified atom stereocenters. The molecule has 0 spiro atoms. The summed E-state index contributed by atoms with van der Waals surface area (Å²) in [5.41, 5.74) is 7.75. The second kappa shape index (κ2) is 26.8. The molecule has 351 valence electrons. The van der Waals surface area contributed by atoms with E-state index in [0.717, 1.165) is 73.2 Å². The van der Waals surface area contributed by atoms with Crippen molar-refractivity contribution in [2.24, 2.45) is 0 Å². The van der Waals surface area contributed by atoms with Gasteiger partial charge in [0.25, 0.3) is 0 Å². The molecule has 0 aliphatic carbocycles. The van der Waals surface area contributed by atoms with Crippen molar-refractivity contribution >= 4 is 36.0 Å². The molecule has 14 nitrogen and oxygen atoms in total. The van der Waals surface area contributed by atoms with Crippen molar-refractivity contribution in [3.8, 4) is 16.9 Å². The number of hydrogen-bond donors (Lipinski definition) is 4. The van der Waals surface area contributed by atoms with Crippen molar-refractivity contribution in [3.05, 3.63) is 88.5 Å². The van der Waals surface area contributed by atoms with E-state index >= 15 is 0 Å². The standard InChI is InChI=1S/C48H65N5O9.Lu/c1-36-30-41(32-53-20-9-7-16-43(53)48(60)61)44(31-40(36)18-17-38-14-11-15-42(37(38)2)39-12-5-3-6-13-39)62-29-10-4-8-19-49-21-23-50(33-45(54)55)25-27-52(35-47(58)59)28-26-51(24-22-49)34-46(56)57;/h3,5-6,11-15,17-18,30-31,43H,4,7-10,16,19-29,32-35H2,1-2H3,(H,54,55)(H,56,57)(H,58,59)(H,60,61);/b18-17+;/t43-;/m0./s1. The molecule has 2 aliphatic rings. The van der Waals surface area contributed by atoms with Gasteiger partial charge in [0.15, 0.2) is 0 Å². The van der Waals surface area contributed by atoms with Gasteiger partial charge in [0.2, 0.25) is 0 Å². The minimum Gasteiger partial charge on any atom is -0.493 e. The number of nitrogens with zero attached hydrogens (tertiary/aromatic N) is 5. The number of unbranched alkanes of at least 4 members (excludes halogenated alkanes) is 2. The van der Waals surface area contributed by atoms with Crippen LogP contribution in [0.3, 0.4) is 0 Å². The van der Waals surface area contributed by atoms with E-state index in [4.69, 9.17) is 4.74 Å². The van der Waals surface area contributed by atoms with Gasteiger partial charge >= 0.3 is 23.9 Å². The summed E-state index contributed by atoms with van der Waals surface area (Å²) in [7, 11) is 0. The van der Waals surface area contributed by atoms with Crippen molar-refractivity contribution in [2.75, 3.05) is 91.7 Å². The van der Waals surface area contributed by atoms with Gasteiger partial charge in [-0.2, -0.15) is 0 Å². The summed E-state index contributed by atoms with van der Waals surface area (Å²) >= 11 is 0. The van der Waals surface area contributed by atoms with Crippen molar-refractivity contribution < 1.29 is 81.2 Å². The molecule has 15 heteroatoms. The number of carboxylic acids is 4. The largest absolute Gasteiger partial charge is 0.493 e. The molecule has 1 atom stereocenters. The number of carboxylic acid groups (broad SMARTS) is 4. The van der Waals surface area contributed by atoms with Crippen LogP contribution in [-0.4, -0.2) is 167 Å². The Balaban J connectivity index is 0.00000871. The Kier molecular flexibility index (Phi) is 22.0. The van der Waals surface area contributed by atoms with E-state index in [1.807, 2.05) is 28.0 Å². The first-order valence-corrected chi connectivity index (χ1v) is 22.0. The van der Waals surface area contributed by atoms with Crippen molar-refractivity contribution in [1.82, 2.24) is 24.5 Å². The third-order valence-corrected chi connectivity index (χ3v) is 12.0. The van der Waals surface area contributed by atoms with Gasteiger partial charge in [0.05, 0.1) is 26.2 Å². The van der Waals surface area contributed by atoms with Gasteiger partial charge in [-0.05, 0) is 98.5 Å². The van der Waals surface area contributed by atoms with E-state index in [0.29, 0.717) is 71.9 Å². The van der Waals surface area contributed by atoms with Gasteiger partial charge < -0.3 is 30.1 Å². The van der Waals surface area contributed by atoms with Crippen LogP contribution in [0, 0.1) is 50.7 Å². The molecule has 0 bridgehead atoms. The van der Waals surface area contributed by atoms with E-state index in [9.17, 15) is 39.6 Å². The van der Waals surface area contributed by atoms with E-state index in [1.165, 1.54) is 16.7 Å². The third kappa shape index (κ3) is 17.2. The van der Waals surface area contributed by atoms with Crippen LogP contribution in [0.5, 0.6) is 5.75 Å². The van der Waals surface area contributed by atoms with E-state index < -0.39 is 29.9 Å². The van der Waals surface area contributed by atoms with Crippen LogP contribution in [0.4, 0.5) is 0 Å². The number of hydrogen-bond acceptors (Lipinski definition) is 10. The molecular formula is C48H65LuN5O9. The maximum absolute atomic E-state index is 12.2. The van der Waals surface area contributed by atoms with Gasteiger partial charge in [-0.15, -0.1) is 0 Å². The number of ether oxygens (including phenoxy) is 1. The van der Waals surface area contributed by atoms with Crippen LogP contribution in [0.15, 0.2) is 60.7 Å². The van der Waals surface area contributed by atoms with E-state index in [1.54, 1.807) is 4.90 Å². The molecule has 4 N–H and O–H groups in total. The molecule has 5 rings (SSSR count). The maximum atomic E-state index is 12.2. The zero-order valence-electron chi connectivity index (χ0n) is 36.7. The molecular weight excluding hydrogens is 966 g/mol. The summed E-state index contributed by atoms with van der Waals surface area (Å²) in [6.07, 6.45) is 9.28. The molecule has 3 aromatic carbocycles. The predicted octanol–water partition coefficient (Wildman–Crippen LogP) is 5.60. The van der Waals surface area contributed by atoms with Crippen LogP contribution < -0.4 is 4.74 Å². The van der Waals surface area contributed by atoms with Crippen molar-refractivity contribution in [2.45, 2.75) is 65.0 Å². The summed E-state index contributed by atoms with van der Waals surface area (Å²) in [6, 6.07) is 20.4. The van der Waals surface area contributed by atoms with Gasteiger partial charge in [0.1, 0.15) is 11.8 Å². The summed E-state index contributed by atoms with van der Waals surface area (Å²) in [6.45, 7) is 9.82. The number of aryl methyl sites for hydroxylation is 1. The molecule has 2 heterocycles. The van der Waals surface area contributed by atoms with Crippen LogP contribution in [0.2, 0.25) is 0 Å². The number of rotatable bonds is 19. The van der Waals surface area contributed by atoms with Crippen molar-refractivity contribution in [1.29, 1.82) is 0 Å². The minimum atomic E-state index is -0.984. The van der Waals surface area contributed by atoms with Gasteiger partial charge in [-0.25, -0.2) is 0 Å². The first-order chi connectivity index (χ1) is 29.9. The van der Waals surface area contributed by atoms with Gasteiger partial charge in [0, 0.05) is 101 Å². The predicted molar refractivity (Wildman–Crippen MR) is 240 cm³/mol. The smallest absolute Gasteiger partial charge is 0.320 e. The average Bonchev–Trinajstić information content (AvgIpc) is 3.23. The molecule has 0 saturated carbocycles. The first-order valence-electron chi connectivity index (χ1n) is 22.0. The fraction of sp³-hybridized carbons (Fsp3) is 0.500. The molecule has 2 aliphatic heterocycles. The second-order valence-corrected chi connectivity index (χ2v) is 16.6. The molecule has 2 fully saturated rings. The molecule has 0 amide bonds. The Morgan fingerprint density at radius 1 is 0.651 bits per heavy atom. The molecule has 3 aromatic rings. The maximum Gasteiger partial charge on any atom is 0.320 e. The Morgan fingerprint density at radius 2 is 1.22 bits per heavy atom. The third-order valence-electron chi connectivity index (χ3n) is 12.0. The van der Waals surface area contributed by atoms with Crippen molar-refractivity contribution in [3.63, 3.8) is 0 Å². The molecule has 0 aromatic heterocycles. The Hall–Kier alpha value is -3.89. The van der Waals surface area contributed by atoms with Gasteiger partial charge in [-0.3, -0.25) is 38.8 Å². The summed E-state index contributed by atoms with van der Waals surface area (Å²) in [4.78, 5) is 56.8. The van der Waals surface area contributed by atoms with Gasteiger partial charge in [-0.1, -0.05) is 73.2 Å². The number of piperidine rings is 1. The second-order valence-electron chi connectivity index (χ2n) is 16.6. The topological polar surface area (TPSA) is 175 Å². The molecule has 2 saturated heterocycles. The number of likely N-dealkylation sites (tertiary alicyclic amines) is 1. The van der Waals surface area contributed by atoms with Crippen LogP contribution in [0.25, 0.3) is 23.3 Å². The average molecular weight is 1030 g/mol. The zero-order chi connectivity index (χ0) is 44.4. The Morgan fingerprint density at radius 3 is 1.79 bits per heavy atom. The number of carbonyl (C=O) groups is 4. The quantitative estimate of drug-likeness (QED) is 0.0863. The van der Waals surface area contributed by atoms with E-state index in [-0.39, 0.29) is 56.5 Å². The molecule has 1 radical (unpaired) electrons. The van der Waals surface area contributed by atoms with Crippen LogP contribution >= 0.6 is 0 Å². The zero-order valence-corrected chi connectivity index (χ0v) is 38.3. The fourth-order valence-electron chi connectivity index (χ4n) is 8.47. The van der Waals surface area contributed by atoms with E-state index in [2.05, 4.69) is 78.3 Å². The summed E-state index contributed by atoms with van der Waals surface area (Å²) in [5.74, 6) is -2.91. The summed E-state index contributed by atoms with van der Waals surface area (Å²) in [5, 5.41) is 38.6. The fourth-order valence-corrected chi connectivity index (χ4v) is 8.47. The molecule has 63 heavy (non-hydrogen) atoms. The Bertz CT molecular complexity index is 1950. The Labute approximate surface area is 401 Å². The monoisotopic (exact) mass is 1030 g/mol. The van der Waals surface area contributed by atoms with Crippen LogP contribution in [-0.2, 0) is 25.7 Å². The minimum absolute atomic E-state index is 0. The number of aliphatic carboxylic acids is 4. The van der Waals surface area contributed by atoms with Crippen LogP contribution in [0.1, 0.15) is 66.3 Å². The number of benzene rings is 3. The first kappa shape index (κ1) is 51.7. The summed E-state index contributed by atoms with van der Waals surface area (Å²) < 4.78 is 6.56. The SMILES string of the molecule is Cc1cc(CN2CCCC[C@H]2C(=O)O)c(OCCCCCN2CCN(CC(=O)O)CCN(CC(=O)O)CCN(CC(=O)O)CC2)cc1/C=C/c1cccc(-c2ccccc2)c1C.[Lu].